The third-order valence-electron chi connectivity index (χ3n) is 3.51. The number of amides is 2. The average Bonchev–Trinajstić information content (AvgIpc) is 2.60. The predicted molar refractivity (Wildman–Crippen MR) is 100 cm³/mol. The Hall–Kier alpha value is -2.58. The number of hydrogen-bond acceptors (Lipinski definition) is 4. The molecule has 2 rings (SSSR count). The largest absolute Gasteiger partial charge is 0.355 e. The van der Waals surface area contributed by atoms with Crippen molar-refractivity contribution in [3.63, 3.8) is 0 Å². The van der Waals surface area contributed by atoms with E-state index in [1.165, 1.54) is 54.4 Å². The quantitative estimate of drug-likeness (QED) is 0.811. The number of anilines is 1. The van der Waals surface area contributed by atoms with Gasteiger partial charge in [-0.15, -0.1) is 0 Å². The zero-order valence-corrected chi connectivity index (χ0v) is 16.0. The molecule has 2 N–H and O–H groups in total. The Morgan fingerprint density at radius 1 is 1.04 bits per heavy atom. The minimum absolute atomic E-state index is 0.00489. The molecular weight excluding hydrogens is 378 g/mol. The van der Waals surface area contributed by atoms with Gasteiger partial charge in [-0.3, -0.25) is 14.3 Å². The van der Waals surface area contributed by atoms with Gasteiger partial charge in [-0.25, -0.2) is 8.42 Å². The van der Waals surface area contributed by atoms with Crippen LogP contribution in [-0.2, 0) is 10.0 Å². The van der Waals surface area contributed by atoms with E-state index in [4.69, 9.17) is 11.6 Å². The summed E-state index contributed by atoms with van der Waals surface area (Å²) in [5, 5.41) is 2.60. The van der Waals surface area contributed by atoms with Crippen molar-refractivity contribution < 1.29 is 18.0 Å². The van der Waals surface area contributed by atoms with E-state index in [2.05, 4.69) is 10.0 Å². The molecule has 7 nitrogen and oxygen atoms in total. The molecule has 0 aliphatic heterocycles. The van der Waals surface area contributed by atoms with Crippen molar-refractivity contribution in [2.75, 3.05) is 25.9 Å². The van der Waals surface area contributed by atoms with E-state index in [9.17, 15) is 18.0 Å². The summed E-state index contributed by atoms with van der Waals surface area (Å²) in [5.41, 5.74) is 0.844. The molecule has 0 saturated heterocycles. The number of benzene rings is 2. The molecule has 0 fully saturated rings. The van der Waals surface area contributed by atoms with Crippen molar-refractivity contribution in [3.8, 4) is 0 Å². The lowest BCUT2D eigenvalue weighted by atomic mass is 10.2. The van der Waals surface area contributed by atoms with Crippen LogP contribution in [-0.4, -0.2) is 46.3 Å². The van der Waals surface area contributed by atoms with Crippen molar-refractivity contribution in [2.45, 2.75) is 4.90 Å². The van der Waals surface area contributed by atoms with Gasteiger partial charge in [-0.05, 0) is 42.5 Å². The van der Waals surface area contributed by atoms with E-state index in [1.54, 1.807) is 14.1 Å². The summed E-state index contributed by atoms with van der Waals surface area (Å²) in [6, 6.07) is 9.78. The number of nitrogens with zero attached hydrogens (tertiary/aromatic N) is 1. The first-order chi connectivity index (χ1) is 12.2. The van der Waals surface area contributed by atoms with E-state index in [-0.39, 0.29) is 33.0 Å². The zero-order valence-electron chi connectivity index (χ0n) is 14.4. The van der Waals surface area contributed by atoms with Crippen LogP contribution < -0.4 is 10.0 Å². The zero-order chi connectivity index (χ0) is 19.5. The number of rotatable bonds is 5. The van der Waals surface area contributed by atoms with E-state index < -0.39 is 10.0 Å². The van der Waals surface area contributed by atoms with Gasteiger partial charge in [0.25, 0.3) is 21.8 Å². The Balaban J connectivity index is 2.25. The van der Waals surface area contributed by atoms with Gasteiger partial charge in [0.2, 0.25) is 0 Å². The lowest BCUT2D eigenvalue weighted by molar-refractivity contribution is 0.0827. The molecule has 0 unspecified atom stereocenters. The van der Waals surface area contributed by atoms with Gasteiger partial charge in [0.1, 0.15) is 0 Å². The van der Waals surface area contributed by atoms with Gasteiger partial charge in [-0.2, -0.15) is 0 Å². The monoisotopic (exact) mass is 395 g/mol. The van der Waals surface area contributed by atoms with Crippen molar-refractivity contribution in [1.82, 2.24) is 10.2 Å². The Morgan fingerprint density at radius 3 is 2.15 bits per heavy atom. The fourth-order valence-corrected chi connectivity index (χ4v) is 3.45. The summed E-state index contributed by atoms with van der Waals surface area (Å²) < 4.78 is 27.3. The van der Waals surface area contributed by atoms with Crippen LogP contribution in [0.2, 0.25) is 5.02 Å². The van der Waals surface area contributed by atoms with Crippen molar-refractivity contribution in [2.24, 2.45) is 0 Å². The summed E-state index contributed by atoms with van der Waals surface area (Å²) >= 11 is 6.09. The first-order valence-corrected chi connectivity index (χ1v) is 9.38. The Labute approximate surface area is 157 Å². The van der Waals surface area contributed by atoms with Crippen LogP contribution in [0.15, 0.2) is 47.4 Å². The molecule has 2 aromatic carbocycles. The molecule has 0 bridgehead atoms. The first kappa shape index (κ1) is 19.7. The molecule has 138 valence electrons. The van der Waals surface area contributed by atoms with E-state index in [1.807, 2.05) is 0 Å². The van der Waals surface area contributed by atoms with Crippen LogP contribution in [0.5, 0.6) is 0 Å². The Bertz CT molecular complexity index is 941. The molecule has 0 aliphatic carbocycles. The highest BCUT2D eigenvalue weighted by Crippen LogP contribution is 2.24. The summed E-state index contributed by atoms with van der Waals surface area (Å²) in [7, 11) is 0.815. The maximum absolute atomic E-state index is 12.5. The fourth-order valence-electron chi connectivity index (χ4n) is 2.14. The molecule has 0 atom stereocenters. The second-order valence-electron chi connectivity index (χ2n) is 5.60. The molecule has 2 aromatic rings. The highest BCUT2D eigenvalue weighted by Gasteiger charge is 2.17. The van der Waals surface area contributed by atoms with Crippen LogP contribution in [0.3, 0.4) is 0 Å². The van der Waals surface area contributed by atoms with Gasteiger partial charge < -0.3 is 10.2 Å². The third-order valence-corrected chi connectivity index (χ3v) is 5.22. The highest BCUT2D eigenvalue weighted by atomic mass is 35.5. The van der Waals surface area contributed by atoms with Crippen LogP contribution in [0.4, 0.5) is 5.69 Å². The summed E-state index contributed by atoms with van der Waals surface area (Å²) in [4.78, 5) is 24.9. The molecule has 0 radical (unpaired) electrons. The smallest absolute Gasteiger partial charge is 0.261 e. The Kier molecular flexibility index (Phi) is 5.89. The van der Waals surface area contributed by atoms with Gasteiger partial charge in [0, 0.05) is 26.7 Å². The lowest BCUT2D eigenvalue weighted by Crippen LogP contribution is -2.22. The Morgan fingerprint density at radius 2 is 1.65 bits per heavy atom. The highest BCUT2D eigenvalue weighted by molar-refractivity contribution is 7.92. The number of carbonyl (C=O) groups is 2. The minimum Gasteiger partial charge on any atom is -0.355 e. The molecule has 0 spiro atoms. The van der Waals surface area contributed by atoms with Crippen LogP contribution >= 0.6 is 11.6 Å². The van der Waals surface area contributed by atoms with Crippen LogP contribution in [0.25, 0.3) is 0 Å². The van der Waals surface area contributed by atoms with Gasteiger partial charge in [0.15, 0.2) is 0 Å². The predicted octanol–water partition coefficient (Wildman–Crippen LogP) is 2.20. The molecule has 0 saturated carbocycles. The summed E-state index contributed by atoms with van der Waals surface area (Å²) in [6.07, 6.45) is 0. The fraction of sp³-hybridized carbons (Fsp3) is 0.176. The first-order valence-electron chi connectivity index (χ1n) is 7.52. The molecule has 0 aromatic heterocycles. The topological polar surface area (TPSA) is 95.6 Å². The average molecular weight is 396 g/mol. The third kappa shape index (κ3) is 4.33. The van der Waals surface area contributed by atoms with Gasteiger partial charge in [0.05, 0.1) is 21.2 Å². The van der Waals surface area contributed by atoms with Crippen molar-refractivity contribution in [3.05, 3.63) is 58.6 Å². The normalized spacial score (nSPS) is 10.9. The molecular formula is C17H18ClN3O4S. The molecule has 26 heavy (non-hydrogen) atoms. The standard InChI is InChI=1S/C17H18ClN3O4S/c1-19-16(22)11-4-7-13(8-5-11)26(24,25)20-12-6-9-14(15(18)10-12)17(23)21(2)3/h4-10,20H,1-3H3,(H,19,22). The second kappa shape index (κ2) is 7.76. The minimum atomic E-state index is -3.86. The van der Waals surface area contributed by atoms with Crippen LogP contribution in [0.1, 0.15) is 20.7 Å². The molecule has 0 aliphatic rings. The number of carbonyl (C=O) groups excluding carboxylic acids is 2. The van der Waals surface area contributed by atoms with Crippen LogP contribution in [0, 0.1) is 0 Å². The SMILES string of the molecule is CNC(=O)c1ccc(S(=O)(=O)Nc2ccc(C(=O)N(C)C)c(Cl)c2)cc1. The maximum Gasteiger partial charge on any atom is 0.261 e. The second-order valence-corrected chi connectivity index (χ2v) is 7.69. The molecule has 2 amide bonds. The number of halogens is 1. The van der Waals surface area contributed by atoms with Crippen molar-refractivity contribution in [1.29, 1.82) is 0 Å². The van der Waals surface area contributed by atoms with E-state index in [0.29, 0.717) is 5.56 Å². The molecule has 0 heterocycles. The lowest BCUT2D eigenvalue weighted by Gasteiger charge is -2.13. The number of nitrogens with one attached hydrogen (secondary N) is 2. The maximum atomic E-state index is 12.5. The molecule has 9 heteroatoms. The summed E-state index contributed by atoms with van der Waals surface area (Å²) in [5.74, 6) is -0.593. The van der Waals surface area contributed by atoms with E-state index >= 15 is 0 Å². The van der Waals surface area contributed by atoms with Crippen molar-refractivity contribution >= 4 is 39.1 Å². The van der Waals surface area contributed by atoms with Gasteiger partial charge in [-0.1, -0.05) is 11.6 Å². The van der Waals surface area contributed by atoms with E-state index in [0.717, 1.165) is 0 Å². The number of sulfonamides is 1. The summed E-state index contributed by atoms with van der Waals surface area (Å²) in [6.45, 7) is 0. The van der Waals surface area contributed by atoms with Gasteiger partial charge >= 0.3 is 0 Å². The number of hydrogen-bond donors (Lipinski definition) is 2.